The quantitative estimate of drug-likeness (QED) is 0.596. The van der Waals surface area contributed by atoms with Crippen LogP contribution in [-0.2, 0) is 4.74 Å². The van der Waals surface area contributed by atoms with E-state index in [1.54, 1.807) is 24.5 Å². The second-order valence-corrected chi connectivity index (χ2v) is 8.86. The lowest BCUT2D eigenvalue weighted by Gasteiger charge is -2.41. The van der Waals surface area contributed by atoms with Gasteiger partial charge in [0.2, 0.25) is 5.65 Å². The van der Waals surface area contributed by atoms with Gasteiger partial charge in [-0.25, -0.2) is 14.8 Å². The molecule has 1 fully saturated rings. The second kappa shape index (κ2) is 6.54. The molecule has 3 aromatic heterocycles. The molecule has 0 N–H and O–H groups in total. The van der Waals surface area contributed by atoms with Crippen molar-refractivity contribution in [1.82, 2.24) is 29.5 Å². The van der Waals surface area contributed by atoms with E-state index in [0.29, 0.717) is 30.2 Å². The Balaban J connectivity index is 1.57. The molecule has 10 heteroatoms. The Morgan fingerprint density at radius 2 is 2.07 bits per heavy atom. The molecule has 4 rings (SSSR count). The zero-order chi connectivity index (χ0) is 20.2. The third-order valence-corrected chi connectivity index (χ3v) is 5.92. The van der Waals surface area contributed by atoms with E-state index in [1.165, 1.54) is 0 Å². The van der Waals surface area contributed by atoms with E-state index in [0.717, 1.165) is 15.6 Å². The highest BCUT2D eigenvalue weighted by Crippen LogP contribution is 2.30. The van der Waals surface area contributed by atoms with Gasteiger partial charge in [0.05, 0.1) is 18.6 Å². The standard InChI is InChI=1S/C18H22BrN7O2/c1-10-12(19)6-20-14-13(10)26-9-21-23-16(26)15(22-14)25-7-11(8-25)28-17(27)24(5)18(2,3)4/h6,9,11H,7-8H2,1-5H3. The van der Waals surface area contributed by atoms with Crippen LogP contribution in [0.3, 0.4) is 0 Å². The van der Waals surface area contributed by atoms with Gasteiger partial charge in [-0.3, -0.25) is 4.40 Å². The first-order valence-corrected chi connectivity index (χ1v) is 9.80. The van der Waals surface area contributed by atoms with E-state index in [2.05, 4.69) is 31.1 Å². The number of hydrogen-bond acceptors (Lipinski definition) is 7. The number of aromatic nitrogens is 5. The molecule has 1 aliphatic rings. The molecule has 0 aromatic carbocycles. The van der Waals surface area contributed by atoms with E-state index in [-0.39, 0.29) is 17.7 Å². The van der Waals surface area contributed by atoms with Crippen molar-refractivity contribution in [2.24, 2.45) is 0 Å². The molecule has 3 aromatic rings. The number of hydrogen-bond donors (Lipinski definition) is 0. The summed E-state index contributed by atoms with van der Waals surface area (Å²) in [5.74, 6) is 0.690. The van der Waals surface area contributed by atoms with Crippen LogP contribution < -0.4 is 4.90 Å². The Morgan fingerprint density at radius 3 is 2.75 bits per heavy atom. The number of amides is 1. The number of aryl methyl sites for hydroxylation is 1. The van der Waals surface area contributed by atoms with Gasteiger partial charge in [0.1, 0.15) is 12.4 Å². The summed E-state index contributed by atoms with van der Waals surface area (Å²) >= 11 is 3.51. The topological polar surface area (TPSA) is 88.8 Å². The normalized spacial score (nSPS) is 15.1. The van der Waals surface area contributed by atoms with Crippen LogP contribution in [0.15, 0.2) is 17.0 Å². The first-order valence-electron chi connectivity index (χ1n) is 9.00. The Kier molecular flexibility index (Phi) is 4.40. The maximum Gasteiger partial charge on any atom is 0.410 e. The molecule has 0 saturated carbocycles. The summed E-state index contributed by atoms with van der Waals surface area (Å²) in [4.78, 5) is 25.1. The molecular weight excluding hydrogens is 426 g/mol. The van der Waals surface area contributed by atoms with Gasteiger partial charge < -0.3 is 14.5 Å². The lowest BCUT2D eigenvalue weighted by Crippen LogP contribution is -2.55. The van der Waals surface area contributed by atoms with E-state index in [1.807, 2.05) is 37.0 Å². The molecule has 0 spiro atoms. The van der Waals surface area contributed by atoms with Crippen LogP contribution in [0.5, 0.6) is 0 Å². The van der Waals surface area contributed by atoms with E-state index in [9.17, 15) is 4.79 Å². The van der Waals surface area contributed by atoms with Crippen LogP contribution in [0, 0.1) is 6.92 Å². The van der Waals surface area contributed by atoms with Gasteiger partial charge in [0.25, 0.3) is 0 Å². The molecular formula is C18H22BrN7O2. The van der Waals surface area contributed by atoms with Crippen molar-refractivity contribution in [3.05, 3.63) is 22.6 Å². The van der Waals surface area contributed by atoms with Crippen molar-refractivity contribution in [2.45, 2.75) is 39.3 Å². The van der Waals surface area contributed by atoms with Gasteiger partial charge in [0, 0.05) is 23.3 Å². The van der Waals surface area contributed by atoms with Crippen LogP contribution in [0.4, 0.5) is 10.6 Å². The molecule has 1 saturated heterocycles. The average Bonchev–Trinajstić information content (AvgIpc) is 3.08. The molecule has 148 valence electrons. The highest BCUT2D eigenvalue weighted by atomic mass is 79.9. The van der Waals surface area contributed by atoms with Gasteiger partial charge in [-0.15, -0.1) is 10.2 Å². The zero-order valence-corrected chi connectivity index (χ0v) is 18.1. The molecule has 0 aliphatic carbocycles. The number of carbonyl (C=O) groups excluding carboxylic acids is 1. The predicted molar refractivity (Wildman–Crippen MR) is 109 cm³/mol. The summed E-state index contributed by atoms with van der Waals surface area (Å²) < 4.78 is 8.40. The van der Waals surface area contributed by atoms with Crippen molar-refractivity contribution >= 4 is 44.7 Å². The molecule has 0 atom stereocenters. The van der Waals surface area contributed by atoms with Gasteiger partial charge in [-0.05, 0) is 49.2 Å². The van der Waals surface area contributed by atoms with Gasteiger partial charge in [-0.2, -0.15) is 0 Å². The second-order valence-electron chi connectivity index (χ2n) is 8.00. The lowest BCUT2D eigenvalue weighted by atomic mass is 10.1. The number of rotatable bonds is 2. The van der Waals surface area contributed by atoms with Crippen molar-refractivity contribution < 1.29 is 9.53 Å². The SMILES string of the molecule is Cc1c(Br)cnc2nc(N3CC(OC(=O)N(C)C(C)(C)C)C3)c3nncn3c12. The fourth-order valence-corrected chi connectivity index (χ4v) is 3.31. The van der Waals surface area contributed by atoms with Crippen LogP contribution >= 0.6 is 15.9 Å². The third-order valence-electron chi connectivity index (χ3n) is 5.12. The monoisotopic (exact) mass is 447 g/mol. The molecule has 1 amide bonds. The molecule has 0 unspecified atom stereocenters. The molecule has 4 heterocycles. The largest absolute Gasteiger partial charge is 0.442 e. The van der Waals surface area contributed by atoms with Gasteiger partial charge in [0.15, 0.2) is 11.5 Å². The minimum absolute atomic E-state index is 0.183. The van der Waals surface area contributed by atoms with Crippen molar-refractivity contribution in [1.29, 1.82) is 0 Å². The van der Waals surface area contributed by atoms with Crippen LogP contribution in [0.1, 0.15) is 26.3 Å². The summed E-state index contributed by atoms with van der Waals surface area (Å²) in [5, 5.41) is 8.29. The fraction of sp³-hybridized carbons (Fsp3) is 0.500. The third kappa shape index (κ3) is 3.05. The number of ether oxygens (including phenoxy) is 1. The minimum atomic E-state index is -0.321. The van der Waals surface area contributed by atoms with Crippen molar-refractivity contribution in [3.8, 4) is 0 Å². The molecule has 1 aliphatic heterocycles. The predicted octanol–water partition coefficient (Wildman–Crippen LogP) is 2.80. The number of anilines is 1. The number of fused-ring (bicyclic) bond motifs is 3. The van der Waals surface area contributed by atoms with Crippen LogP contribution in [0.2, 0.25) is 0 Å². The molecule has 0 bridgehead atoms. The lowest BCUT2D eigenvalue weighted by molar-refractivity contribution is 0.0365. The van der Waals surface area contributed by atoms with E-state index >= 15 is 0 Å². The van der Waals surface area contributed by atoms with Crippen molar-refractivity contribution in [2.75, 3.05) is 25.0 Å². The number of nitrogens with zero attached hydrogens (tertiary/aromatic N) is 7. The summed E-state index contributed by atoms with van der Waals surface area (Å²) in [6.07, 6.45) is 2.91. The van der Waals surface area contributed by atoms with E-state index < -0.39 is 0 Å². The summed E-state index contributed by atoms with van der Waals surface area (Å²) in [6.45, 7) is 9.02. The smallest absolute Gasteiger partial charge is 0.410 e. The van der Waals surface area contributed by atoms with Gasteiger partial charge >= 0.3 is 6.09 Å². The van der Waals surface area contributed by atoms with Crippen LogP contribution in [0.25, 0.3) is 16.8 Å². The maximum absolute atomic E-state index is 12.3. The van der Waals surface area contributed by atoms with Gasteiger partial charge in [-0.1, -0.05) is 0 Å². The fourth-order valence-electron chi connectivity index (χ4n) is 3.02. The average molecular weight is 448 g/mol. The first kappa shape index (κ1) is 18.9. The highest BCUT2D eigenvalue weighted by Gasteiger charge is 2.35. The minimum Gasteiger partial charge on any atom is -0.442 e. The summed E-state index contributed by atoms with van der Waals surface area (Å²) in [5.41, 5.74) is 2.89. The first-order chi connectivity index (χ1) is 13.2. The number of carbonyl (C=O) groups is 1. The number of pyridine rings is 1. The summed E-state index contributed by atoms with van der Waals surface area (Å²) in [6, 6.07) is 0. The van der Waals surface area contributed by atoms with Crippen LogP contribution in [-0.4, -0.2) is 67.3 Å². The highest BCUT2D eigenvalue weighted by molar-refractivity contribution is 9.10. The summed E-state index contributed by atoms with van der Waals surface area (Å²) in [7, 11) is 1.75. The van der Waals surface area contributed by atoms with E-state index in [4.69, 9.17) is 9.72 Å². The number of halogens is 1. The molecule has 28 heavy (non-hydrogen) atoms. The Bertz CT molecular complexity index is 1070. The maximum atomic E-state index is 12.3. The Morgan fingerprint density at radius 1 is 1.36 bits per heavy atom. The Hall–Kier alpha value is -2.49. The zero-order valence-electron chi connectivity index (χ0n) is 16.5. The Labute approximate surface area is 170 Å². The molecule has 0 radical (unpaired) electrons. The molecule has 9 nitrogen and oxygen atoms in total. The van der Waals surface area contributed by atoms with Crippen molar-refractivity contribution in [3.63, 3.8) is 0 Å².